The monoisotopic (exact) mass is 582 g/mol. The quantitative estimate of drug-likeness (QED) is 0.465. The Morgan fingerprint density at radius 3 is 2.33 bits per heavy atom. The third-order valence-electron chi connectivity index (χ3n) is 6.03. The van der Waals surface area contributed by atoms with Gasteiger partial charge in [-0.25, -0.2) is 4.79 Å². The van der Waals surface area contributed by atoms with E-state index in [1.54, 1.807) is 23.1 Å². The first-order valence-electron chi connectivity index (χ1n) is 13.3. The van der Waals surface area contributed by atoms with E-state index < -0.39 is 5.60 Å². The number of phenols is 1. The molecule has 0 radical (unpaired) electrons. The minimum absolute atomic E-state index is 0.0605. The second kappa shape index (κ2) is 15.0. The molecule has 2 aromatic rings. The predicted molar refractivity (Wildman–Crippen MR) is 153 cm³/mol. The van der Waals surface area contributed by atoms with Crippen molar-refractivity contribution in [3.05, 3.63) is 57.6 Å². The van der Waals surface area contributed by atoms with Gasteiger partial charge in [0.1, 0.15) is 17.1 Å². The zero-order valence-electron chi connectivity index (χ0n) is 23.2. The van der Waals surface area contributed by atoms with Gasteiger partial charge in [-0.15, -0.1) is 0 Å². The molecule has 2 atom stereocenters. The molecule has 1 amide bonds. The van der Waals surface area contributed by atoms with Crippen LogP contribution in [0.25, 0.3) is 0 Å². The van der Waals surface area contributed by atoms with Gasteiger partial charge in [-0.3, -0.25) is 0 Å². The van der Waals surface area contributed by atoms with Crippen molar-refractivity contribution in [1.29, 1.82) is 0 Å². The summed E-state index contributed by atoms with van der Waals surface area (Å²) in [5.41, 5.74) is 1.64. The van der Waals surface area contributed by atoms with E-state index in [4.69, 9.17) is 42.1 Å². The van der Waals surface area contributed by atoms with Gasteiger partial charge in [0, 0.05) is 26.1 Å². The summed E-state index contributed by atoms with van der Waals surface area (Å²) in [5.74, 6) is 0.811. The van der Waals surface area contributed by atoms with Crippen LogP contribution in [0.4, 0.5) is 4.79 Å². The van der Waals surface area contributed by atoms with Gasteiger partial charge in [0.15, 0.2) is 0 Å². The Balaban J connectivity index is 0.000000223. The first kappa shape index (κ1) is 31.3. The summed E-state index contributed by atoms with van der Waals surface area (Å²) < 4.78 is 22.2. The van der Waals surface area contributed by atoms with Crippen LogP contribution in [0.5, 0.6) is 11.5 Å². The molecule has 0 aliphatic carbocycles. The number of carbonyl (C=O) groups is 1. The molecule has 0 spiro atoms. The largest absolute Gasteiger partial charge is 0.506 e. The average Bonchev–Trinajstić information content (AvgIpc) is 2.88. The number of ether oxygens (including phenoxy) is 4. The van der Waals surface area contributed by atoms with E-state index >= 15 is 0 Å². The van der Waals surface area contributed by atoms with Crippen molar-refractivity contribution in [2.75, 3.05) is 46.0 Å². The van der Waals surface area contributed by atoms with Crippen LogP contribution in [0, 0.1) is 0 Å². The van der Waals surface area contributed by atoms with Gasteiger partial charge in [-0.2, -0.15) is 0 Å². The number of hydrogen-bond donors (Lipinski definition) is 2. The number of hydrogen-bond acceptors (Lipinski definition) is 7. The Hall–Kier alpha value is -2.23. The fourth-order valence-electron chi connectivity index (χ4n) is 4.23. The molecule has 0 bridgehead atoms. The number of nitrogens with zero attached hydrogens (tertiary/aromatic N) is 1. The second-order valence-electron chi connectivity index (χ2n) is 10.5. The lowest BCUT2D eigenvalue weighted by Gasteiger charge is -2.34. The fourth-order valence-corrected chi connectivity index (χ4v) is 4.69. The fraction of sp³-hybridized carbons (Fsp3) is 0.552. The molecule has 4 rings (SSSR count). The van der Waals surface area contributed by atoms with Gasteiger partial charge in [-0.1, -0.05) is 35.3 Å². The van der Waals surface area contributed by atoms with Gasteiger partial charge < -0.3 is 34.3 Å². The summed E-state index contributed by atoms with van der Waals surface area (Å²) in [4.78, 5) is 13.8. The highest BCUT2D eigenvalue weighted by atomic mass is 35.5. The highest BCUT2D eigenvalue weighted by molar-refractivity contribution is 6.32. The van der Waals surface area contributed by atoms with Crippen LogP contribution in [0.1, 0.15) is 38.8 Å². The van der Waals surface area contributed by atoms with Gasteiger partial charge in [0.2, 0.25) is 0 Å². The van der Waals surface area contributed by atoms with Gasteiger partial charge in [0.05, 0.1) is 48.6 Å². The number of halogens is 2. The lowest BCUT2D eigenvalue weighted by atomic mass is 10.1. The number of nitrogens with one attached hydrogen (secondary N) is 1. The Morgan fingerprint density at radius 1 is 1.05 bits per heavy atom. The molecule has 2 aromatic carbocycles. The van der Waals surface area contributed by atoms with E-state index in [-0.39, 0.29) is 24.1 Å². The van der Waals surface area contributed by atoms with E-state index in [9.17, 15) is 9.90 Å². The Kier molecular flexibility index (Phi) is 12.0. The maximum atomic E-state index is 12.1. The van der Waals surface area contributed by atoms with Crippen LogP contribution in [0.2, 0.25) is 10.0 Å². The van der Waals surface area contributed by atoms with Crippen molar-refractivity contribution < 1.29 is 28.8 Å². The molecular formula is C29H40Cl2N2O6. The van der Waals surface area contributed by atoms with Crippen molar-refractivity contribution in [2.24, 2.45) is 0 Å². The lowest BCUT2D eigenvalue weighted by molar-refractivity contribution is -0.0415. The molecule has 2 N–H and O–H groups in total. The second-order valence-corrected chi connectivity index (χ2v) is 11.3. The number of benzene rings is 2. The third kappa shape index (κ3) is 10.7. The SMILES string of the molecule is CC(C)(C)OC(=O)N1CCO[C@H](Cc2ccc(O)c(Cl)c2)C1.CCOc1ccc(C[C@@H]2CNCCO2)cc1Cl. The number of morpholine rings is 2. The van der Waals surface area contributed by atoms with Gasteiger partial charge in [-0.05, 0) is 69.5 Å². The van der Waals surface area contributed by atoms with Crippen LogP contribution in [0.15, 0.2) is 36.4 Å². The van der Waals surface area contributed by atoms with E-state index in [1.165, 1.54) is 5.56 Å². The molecule has 2 fully saturated rings. The molecule has 2 heterocycles. The molecule has 10 heteroatoms. The number of rotatable bonds is 6. The first-order valence-corrected chi connectivity index (χ1v) is 14.1. The first-order chi connectivity index (χ1) is 18.5. The Morgan fingerprint density at radius 2 is 1.72 bits per heavy atom. The minimum atomic E-state index is -0.505. The maximum Gasteiger partial charge on any atom is 0.410 e. The normalized spacial score (nSPS) is 19.6. The Labute approximate surface area is 241 Å². The van der Waals surface area contributed by atoms with Crippen LogP contribution in [-0.4, -0.2) is 79.9 Å². The molecular weight excluding hydrogens is 543 g/mol. The summed E-state index contributed by atoms with van der Waals surface area (Å²) in [6.07, 6.45) is 1.34. The van der Waals surface area contributed by atoms with Gasteiger partial charge in [0.25, 0.3) is 0 Å². The van der Waals surface area contributed by atoms with Crippen molar-refractivity contribution in [2.45, 2.75) is 58.3 Å². The van der Waals surface area contributed by atoms with E-state index in [2.05, 4.69) is 11.4 Å². The number of phenolic OH excluding ortho intramolecular Hbond substituents is 1. The molecule has 0 saturated carbocycles. The zero-order valence-corrected chi connectivity index (χ0v) is 24.7. The van der Waals surface area contributed by atoms with Crippen LogP contribution in [0.3, 0.4) is 0 Å². The smallest absolute Gasteiger partial charge is 0.410 e. The van der Waals surface area contributed by atoms with Crippen molar-refractivity contribution in [3.8, 4) is 11.5 Å². The highest BCUT2D eigenvalue weighted by Crippen LogP contribution is 2.27. The molecule has 2 saturated heterocycles. The van der Waals surface area contributed by atoms with Crippen molar-refractivity contribution >= 4 is 29.3 Å². The third-order valence-corrected chi connectivity index (χ3v) is 6.63. The molecule has 0 unspecified atom stereocenters. The van der Waals surface area contributed by atoms with Crippen molar-refractivity contribution in [3.63, 3.8) is 0 Å². The summed E-state index contributed by atoms with van der Waals surface area (Å²) in [6, 6.07) is 11.0. The van der Waals surface area contributed by atoms with E-state index in [0.717, 1.165) is 37.4 Å². The zero-order chi connectivity index (χ0) is 28.4. The standard InChI is InChI=1S/C16H22ClNO4.C13H18ClNO2/c1-16(2,3)22-15(20)18-6-7-21-12(10-18)8-11-4-5-14(19)13(17)9-11;1-2-16-13-4-3-10(8-12(13)14)7-11-9-15-5-6-17-11/h4-5,9,12,19H,6-8,10H2,1-3H3;3-4,8,11,15H,2,5-7,9H2,1H3/t12-;11-/m11/s1. The van der Waals surface area contributed by atoms with Crippen LogP contribution in [-0.2, 0) is 27.1 Å². The summed E-state index contributed by atoms with van der Waals surface area (Å²) in [7, 11) is 0. The number of amides is 1. The average molecular weight is 584 g/mol. The lowest BCUT2D eigenvalue weighted by Crippen LogP contribution is -2.48. The summed E-state index contributed by atoms with van der Waals surface area (Å²) in [5, 5.41) is 13.7. The number of aromatic hydroxyl groups is 1. The Bertz CT molecular complexity index is 1070. The topological polar surface area (TPSA) is 89.5 Å². The van der Waals surface area contributed by atoms with E-state index in [1.807, 2.05) is 39.8 Å². The van der Waals surface area contributed by atoms with Crippen LogP contribution >= 0.6 is 23.2 Å². The van der Waals surface area contributed by atoms with Crippen molar-refractivity contribution in [1.82, 2.24) is 10.2 Å². The molecule has 39 heavy (non-hydrogen) atoms. The van der Waals surface area contributed by atoms with Crippen LogP contribution < -0.4 is 10.1 Å². The van der Waals surface area contributed by atoms with E-state index in [0.29, 0.717) is 42.8 Å². The summed E-state index contributed by atoms with van der Waals surface area (Å²) >= 11 is 12.1. The highest BCUT2D eigenvalue weighted by Gasteiger charge is 2.28. The molecule has 2 aliphatic rings. The maximum absolute atomic E-state index is 12.1. The minimum Gasteiger partial charge on any atom is -0.506 e. The molecule has 0 aromatic heterocycles. The molecule has 2 aliphatic heterocycles. The summed E-state index contributed by atoms with van der Waals surface area (Å²) in [6.45, 7) is 12.3. The molecule has 8 nitrogen and oxygen atoms in total. The molecule has 216 valence electrons. The van der Waals surface area contributed by atoms with Gasteiger partial charge >= 0.3 is 6.09 Å². The predicted octanol–water partition coefficient (Wildman–Crippen LogP) is 5.49. The number of carbonyl (C=O) groups excluding carboxylic acids is 1.